The number of halogens is 6. The largest absolute Gasteiger partial charge is 0.416 e. The van der Waals surface area contributed by atoms with Gasteiger partial charge in [-0.25, -0.2) is 15.0 Å². The molecule has 6 rings (SSSR count). The van der Waals surface area contributed by atoms with E-state index in [1.54, 1.807) is 18.3 Å². The molecule has 2 fully saturated rings. The molecule has 2 aromatic heterocycles. The van der Waals surface area contributed by atoms with Crippen LogP contribution in [0.5, 0.6) is 0 Å². The highest BCUT2D eigenvalue weighted by molar-refractivity contribution is 5.86. The topological polar surface area (TPSA) is 58.9 Å². The van der Waals surface area contributed by atoms with Gasteiger partial charge in [0.2, 0.25) is 5.95 Å². The summed E-state index contributed by atoms with van der Waals surface area (Å²) in [6, 6.07) is 17.2. The molecule has 1 saturated carbocycles. The van der Waals surface area contributed by atoms with E-state index in [1.165, 1.54) is 31.5 Å². The Hall–Kier alpha value is -2.85. The minimum Gasteiger partial charge on any atom is -0.348 e. The Labute approximate surface area is 275 Å². The quantitative estimate of drug-likeness (QED) is 0.204. The van der Waals surface area contributed by atoms with Crippen LogP contribution in [0, 0.1) is 5.92 Å². The van der Waals surface area contributed by atoms with Crippen LogP contribution in [0.3, 0.4) is 0 Å². The van der Waals surface area contributed by atoms with E-state index in [2.05, 4.69) is 15.2 Å². The molecule has 12 heteroatoms. The van der Waals surface area contributed by atoms with E-state index in [9.17, 15) is 13.2 Å². The Morgan fingerprint density at radius 1 is 0.909 bits per heavy atom. The van der Waals surface area contributed by atoms with E-state index >= 15 is 0 Å². The predicted molar refractivity (Wildman–Crippen MR) is 176 cm³/mol. The molecule has 0 spiro atoms. The molecule has 1 saturated heterocycles. The van der Waals surface area contributed by atoms with E-state index < -0.39 is 11.7 Å². The Balaban J connectivity index is 0.00000176. The lowest BCUT2D eigenvalue weighted by atomic mass is 9.95. The number of benzene rings is 2. The first-order valence-corrected chi connectivity index (χ1v) is 14.4. The van der Waals surface area contributed by atoms with Crippen molar-refractivity contribution >= 4 is 43.2 Å². The molecule has 0 radical (unpaired) electrons. The van der Waals surface area contributed by atoms with Crippen LogP contribution in [0.1, 0.15) is 61.5 Å². The van der Waals surface area contributed by atoms with Crippen LogP contribution < -0.4 is 5.32 Å². The van der Waals surface area contributed by atoms with Gasteiger partial charge in [0.05, 0.1) is 28.7 Å². The maximum atomic E-state index is 13.7. The Kier molecular flexibility index (Phi) is 12.1. The van der Waals surface area contributed by atoms with E-state index in [4.69, 9.17) is 9.97 Å². The highest BCUT2D eigenvalue weighted by Gasteiger charge is 2.33. The lowest BCUT2D eigenvalue weighted by Gasteiger charge is -2.31. The number of nitrogens with one attached hydrogen (secondary N) is 1. The van der Waals surface area contributed by atoms with E-state index in [1.807, 2.05) is 48.9 Å². The fourth-order valence-corrected chi connectivity index (χ4v) is 5.84. The van der Waals surface area contributed by atoms with Gasteiger partial charge in [-0.1, -0.05) is 42.5 Å². The van der Waals surface area contributed by atoms with Crippen molar-refractivity contribution in [1.29, 1.82) is 0 Å². The highest BCUT2D eigenvalue weighted by atomic mass is 35.5. The SMILES string of the molecule is C[C@H](Nc1nccc(-c2c(-c3cccc(C(F)(F)F)c3)nc(C3CCN(CC4CC4)CC3)n2C)n1)c1ccccc1.Cl.Cl.Cl. The van der Waals surface area contributed by atoms with Crippen LogP contribution in [-0.2, 0) is 13.2 Å². The van der Waals surface area contributed by atoms with Gasteiger partial charge in [-0.3, -0.25) is 0 Å². The zero-order chi connectivity index (χ0) is 28.6. The molecular formula is C32H38Cl3F3N6. The van der Waals surface area contributed by atoms with Gasteiger partial charge in [-0.2, -0.15) is 13.2 Å². The summed E-state index contributed by atoms with van der Waals surface area (Å²) in [5, 5.41) is 3.37. The van der Waals surface area contributed by atoms with Crippen LogP contribution in [0.25, 0.3) is 22.6 Å². The first-order chi connectivity index (χ1) is 19.8. The molecule has 0 unspecified atom stereocenters. The first-order valence-electron chi connectivity index (χ1n) is 14.4. The van der Waals surface area contributed by atoms with Crippen molar-refractivity contribution < 1.29 is 13.2 Å². The van der Waals surface area contributed by atoms with Gasteiger partial charge >= 0.3 is 6.18 Å². The summed E-state index contributed by atoms with van der Waals surface area (Å²) < 4.78 is 43.0. The molecule has 3 heterocycles. The van der Waals surface area contributed by atoms with Crippen LogP contribution in [0.2, 0.25) is 0 Å². The molecule has 44 heavy (non-hydrogen) atoms. The summed E-state index contributed by atoms with van der Waals surface area (Å²) in [5.74, 6) is 2.42. The maximum Gasteiger partial charge on any atom is 0.416 e. The summed E-state index contributed by atoms with van der Waals surface area (Å²) in [6.07, 6.45) is 1.86. The number of alkyl halides is 3. The molecule has 6 nitrogen and oxygen atoms in total. The van der Waals surface area contributed by atoms with Crippen molar-refractivity contribution in [3.63, 3.8) is 0 Å². The van der Waals surface area contributed by atoms with Gasteiger partial charge in [-0.15, -0.1) is 37.2 Å². The molecule has 4 aromatic rings. The summed E-state index contributed by atoms with van der Waals surface area (Å²) in [5.41, 5.74) is 2.65. The molecular weight excluding hydrogens is 632 g/mol. The van der Waals surface area contributed by atoms with Crippen LogP contribution in [0.15, 0.2) is 66.9 Å². The first kappa shape index (κ1) is 35.6. The fraction of sp³-hybridized carbons (Fsp3) is 0.406. The van der Waals surface area contributed by atoms with Crippen molar-refractivity contribution in [1.82, 2.24) is 24.4 Å². The molecule has 2 aromatic carbocycles. The van der Waals surface area contributed by atoms with Gasteiger partial charge in [0.1, 0.15) is 5.82 Å². The fourth-order valence-electron chi connectivity index (χ4n) is 5.84. The number of piperidine rings is 1. The molecule has 0 bridgehead atoms. The number of imidazole rings is 1. The van der Waals surface area contributed by atoms with E-state index in [-0.39, 0.29) is 49.2 Å². The normalized spacial score (nSPS) is 16.3. The van der Waals surface area contributed by atoms with Gasteiger partial charge in [-0.05, 0) is 75.4 Å². The van der Waals surface area contributed by atoms with Crippen molar-refractivity contribution in [3.8, 4) is 22.6 Å². The Bertz CT molecular complexity index is 1500. The van der Waals surface area contributed by atoms with Crippen LogP contribution in [-0.4, -0.2) is 44.1 Å². The zero-order valence-corrected chi connectivity index (χ0v) is 27.1. The number of nitrogens with zero attached hydrogens (tertiary/aromatic N) is 5. The molecule has 1 aliphatic heterocycles. The van der Waals surface area contributed by atoms with Crippen molar-refractivity contribution in [3.05, 3.63) is 83.8 Å². The number of hydrogen-bond acceptors (Lipinski definition) is 5. The van der Waals surface area contributed by atoms with Gasteiger partial charge in [0.25, 0.3) is 0 Å². The van der Waals surface area contributed by atoms with Crippen LogP contribution in [0.4, 0.5) is 19.1 Å². The molecule has 1 aliphatic carbocycles. The summed E-state index contributed by atoms with van der Waals surface area (Å²) >= 11 is 0. The molecule has 2 aliphatic rings. The van der Waals surface area contributed by atoms with Crippen molar-refractivity contribution in [2.45, 2.75) is 50.7 Å². The second kappa shape index (κ2) is 15.0. The minimum absolute atomic E-state index is 0. The lowest BCUT2D eigenvalue weighted by molar-refractivity contribution is -0.137. The van der Waals surface area contributed by atoms with Crippen molar-refractivity contribution in [2.75, 3.05) is 25.0 Å². The van der Waals surface area contributed by atoms with Gasteiger partial charge in [0.15, 0.2) is 0 Å². The Morgan fingerprint density at radius 3 is 2.27 bits per heavy atom. The maximum absolute atomic E-state index is 13.7. The van der Waals surface area contributed by atoms with Gasteiger partial charge < -0.3 is 14.8 Å². The molecule has 0 amide bonds. The van der Waals surface area contributed by atoms with E-state index in [0.717, 1.165) is 49.3 Å². The number of anilines is 1. The third-order valence-electron chi connectivity index (χ3n) is 8.30. The third kappa shape index (κ3) is 8.05. The van der Waals surface area contributed by atoms with E-state index in [0.29, 0.717) is 28.6 Å². The smallest absolute Gasteiger partial charge is 0.348 e. The Morgan fingerprint density at radius 2 is 1.61 bits per heavy atom. The predicted octanol–water partition coefficient (Wildman–Crippen LogP) is 8.59. The second-order valence-corrected chi connectivity index (χ2v) is 11.4. The zero-order valence-electron chi connectivity index (χ0n) is 24.6. The molecule has 238 valence electrons. The summed E-state index contributed by atoms with van der Waals surface area (Å²) in [4.78, 5) is 16.8. The monoisotopic (exact) mass is 668 g/mol. The minimum atomic E-state index is -4.44. The average molecular weight is 670 g/mol. The summed E-state index contributed by atoms with van der Waals surface area (Å²) in [7, 11) is 1.95. The van der Waals surface area contributed by atoms with Crippen molar-refractivity contribution in [2.24, 2.45) is 13.0 Å². The van der Waals surface area contributed by atoms with Gasteiger partial charge in [0, 0.05) is 31.3 Å². The van der Waals surface area contributed by atoms with Crippen LogP contribution >= 0.6 is 37.2 Å². The number of hydrogen-bond donors (Lipinski definition) is 1. The molecule has 1 N–H and O–H groups in total. The average Bonchev–Trinajstić information content (AvgIpc) is 3.73. The lowest BCUT2D eigenvalue weighted by Crippen LogP contribution is -2.35. The third-order valence-corrected chi connectivity index (χ3v) is 8.30. The number of likely N-dealkylation sites (tertiary alicyclic amines) is 1. The molecule has 1 atom stereocenters. The summed E-state index contributed by atoms with van der Waals surface area (Å²) in [6.45, 7) is 5.24. The highest BCUT2D eigenvalue weighted by Crippen LogP contribution is 2.39. The number of rotatable bonds is 8. The standard InChI is InChI=1S/C32H35F3N6.3ClH/c1-21(23-7-4-3-5-8-23)37-31-36-16-13-27(38-31)29-28(25-9-6-10-26(19-25)32(33,34)35)39-30(40(29)2)24-14-17-41(18-15-24)20-22-11-12-22;;;/h3-10,13,16,19,21-22,24H,11-12,14-15,17-18,20H2,1-2H3,(H,36,37,38);3*1H/t21-;;;/m0.../s1. The second-order valence-electron chi connectivity index (χ2n) is 11.4. The number of aromatic nitrogens is 4.